The van der Waals surface area contributed by atoms with Gasteiger partial charge < -0.3 is 14.5 Å². The second-order valence-corrected chi connectivity index (χ2v) is 10.1. The van der Waals surface area contributed by atoms with E-state index in [1.54, 1.807) is 20.8 Å². The molecule has 1 aromatic carbocycles. The quantitative estimate of drug-likeness (QED) is 0.463. The third kappa shape index (κ3) is 6.91. The van der Waals surface area contributed by atoms with Gasteiger partial charge in [-0.2, -0.15) is 0 Å². The minimum atomic E-state index is -9.71. The molecule has 1 saturated heterocycles. The number of piperazine rings is 1. The SMILES string of the molecule is CC(C)(C)OC(=O)N1CCN(C(=O)/C=C\c2ccc(S(F)(F)(F)(F)F)cc2)CC1. The molecule has 1 aliphatic heterocycles. The maximum absolute atomic E-state index is 12.7. The van der Waals surface area contributed by atoms with Crippen molar-refractivity contribution in [1.82, 2.24) is 9.80 Å². The molecule has 5 nitrogen and oxygen atoms in total. The normalized spacial score (nSPS) is 18.3. The fourth-order valence-electron chi connectivity index (χ4n) is 2.54. The number of hydrogen-bond acceptors (Lipinski definition) is 3. The number of halogens is 5. The van der Waals surface area contributed by atoms with Crippen LogP contribution in [0.5, 0.6) is 0 Å². The lowest BCUT2D eigenvalue weighted by molar-refractivity contribution is -0.127. The fraction of sp³-hybridized carbons (Fsp3) is 0.444. The molecule has 1 fully saturated rings. The minimum absolute atomic E-state index is 0.177. The number of rotatable bonds is 3. The number of nitrogens with zero attached hydrogens (tertiary/aromatic N) is 2. The van der Waals surface area contributed by atoms with E-state index in [9.17, 15) is 29.0 Å². The lowest BCUT2D eigenvalue weighted by Gasteiger charge is -2.40. The standard InChI is InChI=1S/C18H23F5N2O3S/c1-18(2,3)28-17(27)25-12-10-24(11-13-25)16(26)9-6-14-4-7-15(8-5-14)29(19,20,21,22)23/h4-9H,10-13H2,1-3H3/b9-6-. The van der Waals surface area contributed by atoms with Gasteiger partial charge in [0.25, 0.3) is 0 Å². The summed E-state index contributed by atoms with van der Waals surface area (Å²) in [4.78, 5) is 25.2. The summed E-state index contributed by atoms with van der Waals surface area (Å²) in [6, 6.07) is 2.34. The van der Waals surface area contributed by atoms with E-state index in [1.807, 2.05) is 0 Å². The number of amides is 2. The second kappa shape index (κ2) is 6.89. The first-order valence-corrected chi connectivity index (χ1v) is 10.7. The first-order chi connectivity index (χ1) is 12.9. The number of ether oxygens (including phenoxy) is 1. The molecule has 1 aliphatic rings. The summed E-state index contributed by atoms with van der Waals surface area (Å²) < 4.78 is 68.8. The summed E-state index contributed by atoms with van der Waals surface area (Å²) in [5.74, 6) is -0.398. The van der Waals surface area contributed by atoms with Crippen molar-refractivity contribution in [3.05, 3.63) is 35.9 Å². The third-order valence-electron chi connectivity index (χ3n) is 3.99. The van der Waals surface area contributed by atoms with Crippen LogP contribution >= 0.6 is 10.2 Å². The first-order valence-electron chi connectivity index (χ1n) is 8.74. The Morgan fingerprint density at radius 3 is 1.86 bits per heavy atom. The van der Waals surface area contributed by atoms with Crippen LogP contribution in [0.4, 0.5) is 24.2 Å². The van der Waals surface area contributed by atoms with E-state index in [-0.39, 0.29) is 31.7 Å². The van der Waals surface area contributed by atoms with E-state index in [0.29, 0.717) is 12.1 Å². The van der Waals surface area contributed by atoms with Crippen LogP contribution in [-0.4, -0.2) is 53.6 Å². The smallest absolute Gasteiger partial charge is 0.410 e. The van der Waals surface area contributed by atoms with Crippen LogP contribution < -0.4 is 0 Å². The van der Waals surface area contributed by atoms with Crippen molar-refractivity contribution in [2.75, 3.05) is 26.2 Å². The van der Waals surface area contributed by atoms with Crippen LogP contribution in [0.1, 0.15) is 26.3 Å². The molecular weight excluding hydrogens is 419 g/mol. The zero-order chi connectivity index (χ0) is 22.2. The summed E-state index contributed by atoms with van der Waals surface area (Å²) in [5, 5.41) is 0. The van der Waals surface area contributed by atoms with Gasteiger partial charge in [0.2, 0.25) is 5.91 Å². The van der Waals surface area contributed by atoms with Gasteiger partial charge in [-0.15, -0.1) is 0 Å². The molecule has 1 heterocycles. The zero-order valence-corrected chi connectivity index (χ0v) is 17.0. The Morgan fingerprint density at radius 1 is 0.931 bits per heavy atom. The highest BCUT2D eigenvalue weighted by Gasteiger charge is 2.65. The molecule has 0 radical (unpaired) electrons. The Bertz CT molecular complexity index is 809. The Hall–Kier alpha value is -2.30. The number of benzene rings is 1. The van der Waals surface area contributed by atoms with Gasteiger partial charge in [-0.3, -0.25) is 4.79 Å². The molecule has 0 bridgehead atoms. The van der Waals surface area contributed by atoms with Gasteiger partial charge in [-0.1, -0.05) is 31.6 Å². The van der Waals surface area contributed by atoms with Crippen LogP contribution in [-0.2, 0) is 9.53 Å². The third-order valence-corrected chi connectivity index (χ3v) is 5.15. The van der Waals surface area contributed by atoms with Crippen LogP contribution in [0.15, 0.2) is 35.2 Å². The Kier molecular flexibility index (Phi) is 5.46. The molecule has 164 valence electrons. The van der Waals surface area contributed by atoms with Gasteiger partial charge >= 0.3 is 16.3 Å². The van der Waals surface area contributed by atoms with Crippen LogP contribution in [0.2, 0.25) is 0 Å². The molecule has 11 heteroatoms. The largest absolute Gasteiger partial charge is 0.444 e. The molecule has 0 unspecified atom stereocenters. The summed E-state index contributed by atoms with van der Waals surface area (Å²) in [5.41, 5.74) is -0.448. The summed E-state index contributed by atoms with van der Waals surface area (Å²) >= 11 is 0. The minimum Gasteiger partial charge on any atom is -0.444 e. The van der Waals surface area contributed by atoms with Gasteiger partial charge in [0, 0.05) is 32.3 Å². The van der Waals surface area contributed by atoms with Gasteiger partial charge in [0.1, 0.15) is 10.5 Å². The molecular formula is C18H23F5N2O3S. The molecule has 0 aliphatic carbocycles. The van der Waals surface area contributed by atoms with Crippen LogP contribution in [0.25, 0.3) is 6.08 Å². The summed E-state index contributed by atoms with van der Waals surface area (Å²) in [6.07, 6.45) is 1.93. The Labute approximate surface area is 165 Å². The average Bonchev–Trinajstić information content (AvgIpc) is 2.56. The monoisotopic (exact) mass is 442 g/mol. The van der Waals surface area contributed by atoms with Gasteiger partial charge in [0.05, 0.1) is 0 Å². The van der Waals surface area contributed by atoms with Crippen LogP contribution in [0.3, 0.4) is 0 Å². The molecule has 0 N–H and O–H groups in total. The van der Waals surface area contributed by atoms with Crippen molar-refractivity contribution in [2.45, 2.75) is 31.3 Å². The van der Waals surface area contributed by atoms with E-state index in [0.717, 1.165) is 18.2 Å². The first kappa shape index (κ1) is 23.0. The molecule has 2 rings (SSSR count). The summed E-state index contributed by atoms with van der Waals surface area (Å²) in [6.45, 7) is 6.36. The van der Waals surface area contributed by atoms with Gasteiger partial charge in [-0.05, 0) is 44.5 Å². The Balaban J connectivity index is 1.93. The van der Waals surface area contributed by atoms with E-state index < -0.39 is 32.7 Å². The van der Waals surface area contributed by atoms with Gasteiger partial charge in [-0.25, -0.2) is 4.79 Å². The summed E-state index contributed by atoms with van der Waals surface area (Å²) in [7, 11) is -9.71. The van der Waals surface area contributed by atoms with Crippen molar-refractivity contribution in [2.24, 2.45) is 0 Å². The molecule has 29 heavy (non-hydrogen) atoms. The van der Waals surface area contributed by atoms with Gasteiger partial charge in [0.15, 0.2) is 0 Å². The van der Waals surface area contributed by atoms with Crippen molar-refractivity contribution in [3.63, 3.8) is 0 Å². The average molecular weight is 442 g/mol. The molecule has 2 amide bonds. The van der Waals surface area contributed by atoms with Crippen LogP contribution in [0, 0.1) is 0 Å². The lowest BCUT2D eigenvalue weighted by atomic mass is 10.2. The highest BCUT2D eigenvalue weighted by Crippen LogP contribution is 3.02. The maximum atomic E-state index is 12.7. The number of hydrogen-bond donors (Lipinski definition) is 0. The van der Waals surface area contributed by atoms with E-state index in [1.165, 1.54) is 15.9 Å². The molecule has 0 aromatic heterocycles. The number of carbonyl (C=O) groups excluding carboxylic acids is 2. The zero-order valence-electron chi connectivity index (χ0n) is 16.2. The molecule has 0 atom stereocenters. The maximum Gasteiger partial charge on any atom is 0.410 e. The predicted molar refractivity (Wildman–Crippen MR) is 101 cm³/mol. The van der Waals surface area contributed by atoms with Crippen molar-refractivity contribution < 1.29 is 33.8 Å². The molecule has 0 saturated carbocycles. The van der Waals surface area contributed by atoms with Crippen molar-refractivity contribution >= 4 is 28.3 Å². The fourth-order valence-corrected chi connectivity index (χ4v) is 3.20. The highest BCUT2D eigenvalue weighted by molar-refractivity contribution is 8.45. The second-order valence-electron chi connectivity index (χ2n) is 7.66. The van der Waals surface area contributed by atoms with Crippen molar-refractivity contribution in [1.29, 1.82) is 0 Å². The topological polar surface area (TPSA) is 49.9 Å². The molecule has 1 aromatic rings. The van der Waals surface area contributed by atoms with Crippen molar-refractivity contribution in [3.8, 4) is 0 Å². The van der Waals surface area contributed by atoms with E-state index >= 15 is 0 Å². The highest BCUT2D eigenvalue weighted by atomic mass is 32.5. The lowest BCUT2D eigenvalue weighted by Crippen LogP contribution is -2.51. The predicted octanol–water partition coefficient (Wildman–Crippen LogP) is 5.44. The Morgan fingerprint density at radius 2 is 1.41 bits per heavy atom. The van der Waals surface area contributed by atoms with E-state index in [4.69, 9.17) is 4.74 Å². The number of carbonyl (C=O) groups is 2. The van der Waals surface area contributed by atoms with E-state index in [2.05, 4.69) is 0 Å². The molecule has 0 spiro atoms.